The van der Waals surface area contributed by atoms with Crippen LogP contribution < -0.4 is 0 Å². The number of allylic oxidation sites excluding steroid dienone is 1. The lowest BCUT2D eigenvalue weighted by atomic mass is 9.46. The summed E-state index contributed by atoms with van der Waals surface area (Å²) in [5.41, 5.74) is 2.12. The minimum Gasteiger partial charge on any atom is -0.389 e. The summed E-state index contributed by atoms with van der Waals surface area (Å²) in [5, 5.41) is 10.0. The lowest BCUT2D eigenvalue weighted by molar-refractivity contribution is -0.127. The number of hydrogen-bond donors (Lipinski definition) is 1. The standard InChI is InChI=1S/C21H32O2/c1-13(22)17-6-7-18-16-5-4-14-12-15(23)8-10-20(14,2)19(16)9-11-21(17,18)3/h12,15-19,23H,4-11H2,1-3H3/t15-,16?,17?,18?,19?,20-,21+/m0/s1. The highest BCUT2D eigenvalue weighted by atomic mass is 16.3. The van der Waals surface area contributed by atoms with E-state index in [1.54, 1.807) is 5.57 Å². The van der Waals surface area contributed by atoms with Crippen molar-refractivity contribution < 1.29 is 9.90 Å². The SMILES string of the molecule is CC(=O)C1CCC2C3CCC4=C[C@@H](O)CC[C@]4(C)C3CC[C@]12C. The van der Waals surface area contributed by atoms with Gasteiger partial charge < -0.3 is 5.11 Å². The van der Waals surface area contributed by atoms with Crippen molar-refractivity contribution >= 4 is 5.78 Å². The molecule has 2 nitrogen and oxygen atoms in total. The molecule has 0 bridgehead atoms. The minimum absolute atomic E-state index is 0.211. The Labute approximate surface area is 140 Å². The first-order chi connectivity index (χ1) is 10.9. The molecule has 0 heterocycles. The van der Waals surface area contributed by atoms with Crippen LogP contribution in [-0.4, -0.2) is 17.0 Å². The summed E-state index contributed by atoms with van der Waals surface area (Å²) in [6.07, 6.45) is 11.4. The second-order valence-corrected chi connectivity index (χ2v) is 9.42. The van der Waals surface area contributed by atoms with Crippen molar-refractivity contribution in [1.82, 2.24) is 0 Å². The Hall–Kier alpha value is -0.630. The van der Waals surface area contributed by atoms with Crippen LogP contribution >= 0.6 is 0 Å². The van der Waals surface area contributed by atoms with Crippen molar-refractivity contribution in [1.29, 1.82) is 0 Å². The highest BCUT2D eigenvalue weighted by Crippen LogP contribution is 2.66. The third kappa shape index (κ3) is 2.13. The van der Waals surface area contributed by atoms with Gasteiger partial charge in [0.2, 0.25) is 0 Å². The first-order valence-corrected chi connectivity index (χ1v) is 9.76. The summed E-state index contributed by atoms with van der Waals surface area (Å²) in [5.74, 6) is 3.07. The maximum atomic E-state index is 12.2. The van der Waals surface area contributed by atoms with E-state index < -0.39 is 0 Å². The van der Waals surface area contributed by atoms with Gasteiger partial charge >= 0.3 is 0 Å². The molecule has 3 fully saturated rings. The van der Waals surface area contributed by atoms with Gasteiger partial charge in [0.05, 0.1) is 6.10 Å². The lowest BCUT2D eigenvalue weighted by Crippen LogP contribution is -2.51. The maximum absolute atomic E-state index is 12.2. The molecule has 4 rings (SSSR count). The van der Waals surface area contributed by atoms with E-state index in [0.717, 1.165) is 37.0 Å². The molecule has 4 unspecified atom stereocenters. The molecule has 0 radical (unpaired) electrons. The second kappa shape index (κ2) is 5.18. The summed E-state index contributed by atoms with van der Waals surface area (Å²) in [4.78, 5) is 12.2. The van der Waals surface area contributed by atoms with Gasteiger partial charge in [0.25, 0.3) is 0 Å². The van der Waals surface area contributed by atoms with E-state index in [1.807, 2.05) is 6.92 Å². The summed E-state index contributed by atoms with van der Waals surface area (Å²) < 4.78 is 0. The number of Topliss-reactive ketones (excluding diaryl/α,β-unsaturated/α-hetero) is 1. The second-order valence-electron chi connectivity index (χ2n) is 9.42. The van der Waals surface area contributed by atoms with Crippen LogP contribution in [0.1, 0.15) is 72.1 Å². The van der Waals surface area contributed by atoms with Crippen molar-refractivity contribution in [2.75, 3.05) is 0 Å². The van der Waals surface area contributed by atoms with E-state index in [0.29, 0.717) is 17.1 Å². The van der Waals surface area contributed by atoms with Gasteiger partial charge in [-0.05, 0) is 86.9 Å². The fourth-order valence-electron chi connectivity index (χ4n) is 7.38. The Bertz CT molecular complexity index is 550. The minimum atomic E-state index is -0.211. The number of rotatable bonds is 1. The van der Waals surface area contributed by atoms with Crippen LogP contribution in [0.4, 0.5) is 0 Å². The molecule has 1 N–H and O–H groups in total. The van der Waals surface area contributed by atoms with E-state index in [9.17, 15) is 9.90 Å². The lowest BCUT2D eigenvalue weighted by Gasteiger charge is -2.58. The number of carbonyl (C=O) groups is 1. The van der Waals surface area contributed by atoms with Crippen LogP contribution in [0.2, 0.25) is 0 Å². The third-order valence-electron chi connectivity index (χ3n) is 8.58. The Morgan fingerprint density at radius 2 is 1.87 bits per heavy atom. The fourth-order valence-corrected chi connectivity index (χ4v) is 7.38. The van der Waals surface area contributed by atoms with E-state index in [4.69, 9.17) is 0 Å². The van der Waals surface area contributed by atoms with Gasteiger partial charge in [0, 0.05) is 5.92 Å². The molecule has 0 amide bonds. The Morgan fingerprint density at radius 1 is 1.09 bits per heavy atom. The molecule has 4 aliphatic carbocycles. The fraction of sp³-hybridized carbons (Fsp3) is 0.857. The number of fused-ring (bicyclic) bond motifs is 5. The van der Waals surface area contributed by atoms with Crippen LogP contribution in [0, 0.1) is 34.5 Å². The van der Waals surface area contributed by atoms with E-state index in [-0.39, 0.29) is 11.5 Å². The quantitative estimate of drug-likeness (QED) is 0.722. The molecule has 0 aromatic rings. The molecule has 7 atom stereocenters. The number of aliphatic hydroxyl groups excluding tert-OH is 1. The topological polar surface area (TPSA) is 37.3 Å². The molecule has 23 heavy (non-hydrogen) atoms. The molecule has 0 aliphatic heterocycles. The highest BCUT2D eigenvalue weighted by Gasteiger charge is 2.59. The van der Waals surface area contributed by atoms with Gasteiger partial charge in [0.15, 0.2) is 0 Å². The van der Waals surface area contributed by atoms with Crippen molar-refractivity contribution in [3.05, 3.63) is 11.6 Å². The first kappa shape index (κ1) is 15.9. The van der Waals surface area contributed by atoms with E-state index in [2.05, 4.69) is 19.9 Å². The molecule has 0 aromatic carbocycles. The zero-order valence-corrected chi connectivity index (χ0v) is 15.0. The first-order valence-electron chi connectivity index (χ1n) is 9.76. The normalized spacial score (nSPS) is 52.2. The van der Waals surface area contributed by atoms with Crippen LogP contribution in [-0.2, 0) is 4.79 Å². The third-order valence-corrected chi connectivity index (χ3v) is 8.58. The van der Waals surface area contributed by atoms with Crippen LogP contribution in [0.5, 0.6) is 0 Å². The van der Waals surface area contributed by atoms with E-state index >= 15 is 0 Å². The van der Waals surface area contributed by atoms with Crippen molar-refractivity contribution in [3.63, 3.8) is 0 Å². The molecular formula is C21H32O2. The van der Waals surface area contributed by atoms with Gasteiger partial charge in [-0.25, -0.2) is 0 Å². The van der Waals surface area contributed by atoms with Crippen molar-refractivity contribution in [2.45, 2.75) is 78.2 Å². The van der Waals surface area contributed by atoms with Gasteiger partial charge in [-0.15, -0.1) is 0 Å². The Morgan fingerprint density at radius 3 is 2.61 bits per heavy atom. The zero-order valence-electron chi connectivity index (χ0n) is 15.0. The molecule has 4 aliphatic rings. The Balaban J connectivity index is 1.66. The van der Waals surface area contributed by atoms with Gasteiger partial charge in [0.1, 0.15) is 5.78 Å². The highest BCUT2D eigenvalue weighted by molar-refractivity contribution is 5.79. The summed E-state index contributed by atoms with van der Waals surface area (Å²) in [6.45, 7) is 6.71. The molecular weight excluding hydrogens is 284 g/mol. The van der Waals surface area contributed by atoms with Crippen LogP contribution in [0.25, 0.3) is 0 Å². The molecule has 2 heteroatoms. The largest absolute Gasteiger partial charge is 0.389 e. The average molecular weight is 316 g/mol. The average Bonchev–Trinajstić information content (AvgIpc) is 2.85. The smallest absolute Gasteiger partial charge is 0.133 e. The van der Waals surface area contributed by atoms with Gasteiger partial charge in [-0.3, -0.25) is 4.79 Å². The Kier molecular flexibility index (Phi) is 3.58. The molecule has 0 saturated heterocycles. The van der Waals surface area contributed by atoms with Crippen LogP contribution in [0.15, 0.2) is 11.6 Å². The predicted octanol–water partition coefficient (Wildman–Crippen LogP) is 4.52. The predicted molar refractivity (Wildman–Crippen MR) is 91.9 cm³/mol. The number of hydrogen-bond acceptors (Lipinski definition) is 2. The zero-order chi connectivity index (χ0) is 16.4. The summed E-state index contributed by atoms with van der Waals surface area (Å²) >= 11 is 0. The molecule has 0 aromatic heterocycles. The van der Waals surface area contributed by atoms with Crippen molar-refractivity contribution in [2.24, 2.45) is 34.5 Å². The molecule has 0 spiro atoms. The number of aliphatic hydroxyl groups is 1. The summed E-state index contributed by atoms with van der Waals surface area (Å²) in [6, 6.07) is 0. The monoisotopic (exact) mass is 316 g/mol. The molecule has 128 valence electrons. The van der Waals surface area contributed by atoms with Crippen molar-refractivity contribution in [3.8, 4) is 0 Å². The molecule has 3 saturated carbocycles. The van der Waals surface area contributed by atoms with Crippen LogP contribution in [0.3, 0.4) is 0 Å². The maximum Gasteiger partial charge on any atom is 0.133 e. The number of carbonyl (C=O) groups excluding carboxylic acids is 1. The van der Waals surface area contributed by atoms with Gasteiger partial charge in [-0.1, -0.05) is 25.5 Å². The number of ketones is 1. The summed E-state index contributed by atoms with van der Waals surface area (Å²) in [7, 11) is 0. The van der Waals surface area contributed by atoms with E-state index in [1.165, 1.54) is 32.1 Å². The van der Waals surface area contributed by atoms with Gasteiger partial charge in [-0.2, -0.15) is 0 Å².